The molecule has 0 aromatic heterocycles. The molecule has 0 heterocycles. The summed E-state index contributed by atoms with van der Waals surface area (Å²) >= 11 is 0. The molecule has 48 heavy (non-hydrogen) atoms. The minimum absolute atomic E-state index is 0. The van der Waals surface area contributed by atoms with Crippen LogP contribution in [0.5, 0.6) is 34.5 Å². The number of non-ortho nitro benzene ring substituents is 2. The Kier molecular flexibility index (Phi) is 14.2. The zero-order valence-electron chi connectivity index (χ0n) is 23.5. The van der Waals surface area contributed by atoms with Crippen molar-refractivity contribution < 1.29 is 97.0 Å². The quantitative estimate of drug-likeness (QED) is 0.109. The van der Waals surface area contributed by atoms with E-state index in [2.05, 4.69) is 20.5 Å². The Balaban J connectivity index is 0.000000461. The fourth-order valence-corrected chi connectivity index (χ4v) is 3.19. The fraction of sp³-hybridized carbons (Fsp3) is 0. The first kappa shape index (κ1) is 40.0. The third-order valence-corrected chi connectivity index (χ3v) is 5.30. The maximum Gasteiger partial charge on any atom is 3.00 e. The van der Waals surface area contributed by atoms with Gasteiger partial charge in [-0.1, -0.05) is 11.5 Å². The van der Waals surface area contributed by atoms with Crippen LogP contribution in [0.1, 0.15) is 0 Å². The third kappa shape index (κ3) is 10.00. The summed E-state index contributed by atoms with van der Waals surface area (Å²) in [6, 6.07) is 8.66. The number of azo groups is 2. The molecule has 0 aliphatic rings. The summed E-state index contributed by atoms with van der Waals surface area (Å²) in [6.45, 7) is 0. The number of aromatic hydroxyl groups is 2. The van der Waals surface area contributed by atoms with Crippen LogP contribution in [-0.4, -0.2) is 29.9 Å². The number of nitrogens with zero attached hydrogens (tertiary/aromatic N) is 8. The summed E-state index contributed by atoms with van der Waals surface area (Å²) < 4.78 is 0. The molecule has 0 aliphatic carbocycles. The molecule has 1 radical (unpaired) electrons. The van der Waals surface area contributed by atoms with Crippen molar-refractivity contribution in [3.05, 3.63) is 101 Å². The zero-order valence-corrected chi connectivity index (χ0v) is 26.6. The molecule has 0 saturated heterocycles. The predicted molar refractivity (Wildman–Crippen MR) is 142 cm³/mol. The van der Waals surface area contributed by atoms with Gasteiger partial charge in [0.15, 0.2) is 0 Å². The normalized spacial score (nSPS) is 10.3. The molecule has 0 spiro atoms. The summed E-state index contributed by atoms with van der Waals surface area (Å²) in [5.74, 6) is -4.36. The zero-order chi connectivity index (χ0) is 34.3. The number of nitro benzene ring substituents is 4. The van der Waals surface area contributed by atoms with Crippen LogP contribution in [0.3, 0.4) is 0 Å². The Hall–Kier alpha value is -6.00. The van der Waals surface area contributed by atoms with Crippen LogP contribution in [0, 0.1) is 40.5 Å². The van der Waals surface area contributed by atoms with Crippen LogP contribution in [0.4, 0.5) is 45.5 Å². The molecule has 24 heteroatoms. The number of hydrogen-bond donors (Lipinski definition) is 2. The van der Waals surface area contributed by atoms with Crippen molar-refractivity contribution in [1.82, 2.24) is 0 Å². The molecule has 0 bridgehead atoms. The van der Waals surface area contributed by atoms with Gasteiger partial charge in [0.05, 0.1) is 54.6 Å². The smallest absolute Gasteiger partial charge is 0.871 e. The predicted octanol–water partition coefficient (Wildman–Crippen LogP) is 0.544. The van der Waals surface area contributed by atoms with E-state index in [4.69, 9.17) is 10.2 Å². The molecule has 0 aliphatic heterocycles. The summed E-state index contributed by atoms with van der Waals surface area (Å²) in [7, 11) is 0. The summed E-state index contributed by atoms with van der Waals surface area (Å²) in [6.07, 6.45) is 0. The Labute approximate surface area is 297 Å². The van der Waals surface area contributed by atoms with Gasteiger partial charge >= 0.3 is 46.6 Å². The van der Waals surface area contributed by atoms with Crippen molar-refractivity contribution >= 4 is 45.5 Å². The first-order valence-electron chi connectivity index (χ1n) is 11.7. The van der Waals surface area contributed by atoms with Gasteiger partial charge in [-0.25, -0.2) is 0 Å². The minimum atomic E-state index is -1.17. The van der Waals surface area contributed by atoms with Crippen LogP contribution in [0.25, 0.3) is 0 Å². The number of phenolic OH excluding ortho intramolecular Hbond substituents is 2. The first-order valence-corrected chi connectivity index (χ1v) is 11.7. The van der Waals surface area contributed by atoms with Gasteiger partial charge in [-0.2, -0.15) is 20.5 Å². The molecular weight excluding hydrogens is 703 g/mol. The van der Waals surface area contributed by atoms with E-state index in [1.54, 1.807) is 0 Å². The van der Waals surface area contributed by atoms with E-state index in [0.717, 1.165) is 36.4 Å². The average Bonchev–Trinajstić information content (AvgIpc) is 2.97. The van der Waals surface area contributed by atoms with Crippen molar-refractivity contribution in [3.63, 3.8) is 0 Å². The molecule has 4 aromatic rings. The van der Waals surface area contributed by atoms with Crippen LogP contribution in [0.2, 0.25) is 0 Å². The van der Waals surface area contributed by atoms with E-state index >= 15 is 0 Å². The van der Waals surface area contributed by atoms with E-state index in [9.17, 15) is 60.9 Å². The standard InChI is InChI=1S/2C12H8N4O7.Fe.Na/c2*17-7-1-2-8(11(18)5-7)13-14-9-3-6(15(20)21)4-10(12(9)19)16(22)23;;/h2*1-5,17-19H;;/q;;+3;+1/p-4. The van der Waals surface area contributed by atoms with Gasteiger partial charge in [0, 0.05) is 23.6 Å². The fourth-order valence-electron chi connectivity index (χ4n) is 3.19. The molecule has 241 valence electrons. The molecule has 0 fully saturated rings. The van der Waals surface area contributed by atoms with Gasteiger partial charge in [-0.3, -0.25) is 40.5 Å². The molecule has 4 rings (SSSR count). The molecule has 4 aromatic carbocycles. The second-order valence-corrected chi connectivity index (χ2v) is 8.36. The summed E-state index contributed by atoms with van der Waals surface area (Å²) in [5, 5.41) is 121. The van der Waals surface area contributed by atoms with E-state index in [0.29, 0.717) is 24.3 Å². The van der Waals surface area contributed by atoms with Crippen LogP contribution < -0.4 is 50.0 Å². The van der Waals surface area contributed by atoms with E-state index in [1.807, 2.05) is 0 Å². The monoisotopic (exact) mass is 715 g/mol. The maximum absolute atomic E-state index is 11.8. The first-order chi connectivity index (χ1) is 21.6. The van der Waals surface area contributed by atoms with Gasteiger partial charge in [0.25, 0.3) is 22.7 Å². The van der Waals surface area contributed by atoms with Crippen LogP contribution in [-0.2, 0) is 17.1 Å². The number of phenols is 2. The van der Waals surface area contributed by atoms with E-state index in [-0.39, 0.29) is 69.5 Å². The minimum Gasteiger partial charge on any atom is -0.871 e. The largest absolute Gasteiger partial charge is 3.00 e. The van der Waals surface area contributed by atoms with Crippen molar-refractivity contribution in [3.8, 4) is 34.5 Å². The van der Waals surface area contributed by atoms with Gasteiger partial charge in [0.2, 0.25) is 0 Å². The van der Waals surface area contributed by atoms with Crippen LogP contribution >= 0.6 is 0 Å². The second-order valence-electron chi connectivity index (χ2n) is 8.36. The van der Waals surface area contributed by atoms with Crippen molar-refractivity contribution in [1.29, 1.82) is 0 Å². The number of nitro groups is 4. The van der Waals surface area contributed by atoms with Crippen molar-refractivity contribution in [2.45, 2.75) is 0 Å². The molecule has 0 atom stereocenters. The summed E-state index contributed by atoms with van der Waals surface area (Å²) in [4.78, 5) is 39.0. The molecule has 0 unspecified atom stereocenters. The Morgan fingerprint density at radius 2 is 0.792 bits per heavy atom. The van der Waals surface area contributed by atoms with Crippen molar-refractivity contribution in [2.24, 2.45) is 20.5 Å². The summed E-state index contributed by atoms with van der Waals surface area (Å²) in [5.41, 5.74) is -5.29. The number of rotatable bonds is 8. The molecular formula is C24H12FeN8NaO14. The Bertz CT molecular complexity index is 1820. The van der Waals surface area contributed by atoms with Gasteiger partial charge in [-0.15, -0.1) is 0 Å². The van der Waals surface area contributed by atoms with Crippen LogP contribution in [0.15, 0.2) is 81.1 Å². The second kappa shape index (κ2) is 17.1. The number of hydrogen-bond acceptors (Lipinski definition) is 18. The third-order valence-electron chi connectivity index (χ3n) is 5.30. The maximum atomic E-state index is 11.8. The average molecular weight is 715 g/mol. The molecule has 22 nitrogen and oxygen atoms in total. The van der Waals surface area contributed by atoms with E-state index < -0.39 is 76.8 Å². The Morgan fingerprint density at radius 3 is 1.06 bits per heavy atom. The van der Waals surface area contributed by atoms with E-state index in [1.165, 1.54) is 0 Å². The SMILES string of the molecule is O=[N+]([O-])c1cc(N=Nc2ccc(O)cc2[O-])c([O-])c([N+](=O)[O-])c1.O=[N+]([O-])c1cc(N=Nc2ccc(O)cc2[O-])c([O-])c([N+](=O)[O-])c1.[Fe+3].[Na+]. The van der Waals surface area contributed by atoms with Gasteiger partial charge < -0.3 is 30.6 Å². The molecule has 2 N–H and O–H groups in total. The topological polar surface area (TPSA) is 355 Å². The molecule has 0 amide bonds. The van der Waals surface area contributed by atoms with Crippen molar-refractivity contribution in [2.75, 3.05) is 0 Å². The molecule has 0 saturated carbocycles. The van der Waals surface area contributed by atoms with Gasteiger partial charge in [0.1, 0.15) is 11.5 Å². The number of benzene rings is 4. The van der Waals surface area contributed by atoms with Gasteiger partial charge in [-0.05, 0) is 36.4 Å². The Morgan fingerprint density at radius 1 is 0.479 bits per heavy atom.